The van der Waals surface area contributed by atoms with E-state index in [1.165, 1.54) is 5.69 Å². The van der Waals surface area contributed by atoms with Crippen LogP contribution in [0.2, 0.25) is 0 Å². The molecule has 0 radical (unpaired) electrons. The molecule has 1 heterocycles. The van der Waals surface area contributed by atoms with Crippen molar-refractivity contribution in [3.05, 3.63) is 35.9 Å². The summed E-state index contributed by atoms with van der Waals surface area (Å²) in [5.74, 6) is 0. The number of rotatable bonds is 2. The molecule has 2 nitrogen and oxygen atoms in total. The van der Waals surface area contributed by atoms with E-state index in [4.69, 9.17) is 5.26 Å². The van der Waals surface area contributed by atoms with Crippen LogP contribution in [-0.2, 0) is 0 Å². The molecule has 0 spiro atoms. The number of benzene rings is 1. The van der Waals surface area contributed by atoms with Gasteiger partial charge in [-0.2, -0.15) is 5.26 Å². The summed E-state index contributed by atoms with van der Waals surface area (Å²) in [5.41, 5.74) is 3.41. The van der Waals surface area contributed by atoms with Gasteiger partial charge in [0.25, 0.3) is 0 Å². The predicted octanol–water partition coefficient (Wildman–Crippen LogP) is 3.85. The first-order chi connectivity index (χ1) is 8.51. The number of fused-ring (bicyclic) bond motifs is 1. The molecule has 18 heavy (non-hydrogen) atoms. The summed E-state index contributed by atoms with van der Waals surface area (Å²) in [6.45, 7) is 8.67. The van der Waals surface area contributed by atoms with E-state index in [2.05, 4.69) is 37.8 Å². The van der Waals surface area contributed by atoms with E-state index >= 15 is 0 Å². The third-order valence-corrected chi connectivity index (χ3v) is 3.30. The van der Waals surface area contributed by atoms with Gasteiger partial charge in [-0.05, 0) is 24.0 Å². The number of nitriles is 1. The fourth-order valence-corrected chi connectivity index (χ4v) is 2.17. The highest BCUT2D eigenvalue weighted by atomic mass is 15.1. The Morgan fingerprint density at radius 3 is 2.67 bits per heavy atom. The Labute approximate surface area is 110 Å². The van der Waals surface area contributed by atoms with Gasteiger partial charge < -0.3 is 4.90 Å². The zero-order chi connectivity index (χ0) is 13.2. The Balaban J connectivity index is 2.23. The fraction of sp³-hybridized carbons (Fsp3) is 0.438. The average Bonchev–Trinajstić information content (AvgIpc) is 2.35. The lowest BCUT2D eigenvalue weighted by molar-refractivity contribution is 0.380. The third kappa shape index (κ3) is 2.73. The topological polar surface area (TPSA) is 27.0 Å². The number of para-hydroxylation sites is 1. The van der Waals surface area contributed by atoms with E-state index in [0.717, 1.165) is 30.6 Å². The zero-order valence-corrected chi connectivity index (χ0v) is 11.4. The summed E-state index contributed by atoms with van der Waals surface area (Å²) in [7, 11) is 0. The molecule has 2 rings (SSSR count). The first-order valence-electron chi connectivity index (χ1n) is 6.46. The van der Waals surface area contributed by atoms with Crippen LogP contribution in [0.4, 0.5) is 5.69 Å². The number of anilines is 1. The van der Waals surface area contributed by atoms with Crippen molar-refractivity contribution in [1.29, 1.82) is 5.26 Å². The molecule has 2 heteroatoms. The second-order valence-corrected chi connectivity index (χ2v) is 6.00. The maximum Gasteiger partial charge on any atom is 0.0996 e. The van der Waals surface area contributed by atoms with E-state index in [-0.39, 0.29) is 0 Å². The van der Waals surface area contributed by atoms with Crippen LogP contribution in [0.25, 0.3) is 5.57 Å². The summed E-state index contributed by atoms with van der Waals surface area (Å²) in [5, 5.41) is 9.15. The summed E-state index contributed by atoms with van der Waals surface area (Å²) in [6, 6.07) is 10.5. The van der Waals surface area contributed by atoms with Gasteiger partial charge in [0.1, 0.15) is 0 Å². The zero-order valence-electron chi connectivity index (χ0n) is 11.4. The minimum atomic E-state index is 0.341. The van der Waals surface area contributed by atoms with E-state index in [9.17, 15) is 0 Å². The molecule has 0 bridgehead atoms. The molecule has 0 saturated carbocycles. The van der Waals surface area contributed by atoms with Gasteiger partial charge in [0.2, 0.25) is 0 Å². The monoisotopic (exact) mass is 240 g/mol. The molecule has 0 atom stereocenters. The molecule has 0 fully saturated rings. The first-order valence-corrected chi connectivity index (χ1v) is 6.46. The summed E-state index contributed by atoms with van der Waals surface area (Å²) in [4.78, 5) is 2.36. The van der Waals surface area contributed by atoms with E-state index in [1.807, 2.05) is 24.3 Å². The molecule has 1 aromatic rings. The minimum Gasteiger partial charge on any atom is -0.367 e. The van der Waals surface area contributed by atoms with Crippen molar-refractivity contribution in [2.45, 2.75) is 27.2 Å². The Hall–Kier alpha value is -1.75. The molecule has 1 aromatic carbocycles. The molecular formula is C16H20N2. The van der Waals surface area contributed by atoms with Gasteiger partial charge in [-0.1, -0.05) is 39.0 Å². The van der Waals surface area contributed by atoms with Crippen molar-refractivity contribution in [2.24, 2.45) is 5.41 Å². The smallest absolute Gasteiger partial charge is 0.0996 e. The SMILES string of the molecule is CC(C)(C)CCN1CC=C(C#N)c2ccccc21. The number of nitrogens with zero attached hydrogens (tertiary/aromatic N) is 2. The second kappa shape index (κ2) is 4.86. The number of allylic oxidation sites excluding steroid dienone is 1. The van der Waals surface area contributed by atoms with E-state index in [0.29, 0.717) is 5.41 Å². The Bertz CT molecular complexity index is 501. The standard InChI is InChI=1S/C16H20N2/c1-16(2,3)9-11-18-10-8-13(12-17)14-6-4-5-7-15(14)18/h4-8H,9-11H2,1-3H3. The average molecular weight is 240 g/mol. The van der Waals surface area contributed by atoms with Crippen molar-refractivity contribution >= 4 is 11.3 Å². The van der Waals surface area contributed by atoms with Crippen LogP contribution in [0, 0.1) is 16.7 Å². The highest BCUT2D eigenvalue weighted by molar-refractivity contribution is 5.87. The van der Waals surface area contributed by atoms with Gasteiger partial charge in [-0.25, -0.2) is 0 Å². The quantitative estimate of drug-likeness (QED) is 0.785. The van der Waals surface area contributed by atoms with Crippen LogP contribution in [-0.4, -0.2) is 13.1 Å². The number of hydrogen-bond donors (Lipinski definition) is 0. The molecule has 94 valence electrons. The van der Waals surface area contributed by atoms with Crippen LogP contribution in [0.5, 0.6) is 0 Å². The van der Waals surface area contributed by atoms with Crippen LogP contribution >= 0.6 is 0 Å². The Morgan fingerprint density at radius 1 is 1.28 bits per heavy atom. The van der Waals surface area contributed by atoms with E-state index < -0.39 is 0 Å². The lowest BCUT2D eigenvalue weighted by Gasteiger charge is -2.31. The van der Waals surface area contributed by atoms with E-state index in [1.54, 1.807) is 0 Å². The predicted molar refractivity (Wildman–Crippen MR) is 76.3 cm³/mol. The van der Waals surface area contributed by atoms with Crippen LogP contribution in [0.15, 0.2) is 30.3 Å². The van der Waals surface area contributed by atoms with Gasteiger partial charge in [-0.3, -0.25) is 0 Å². The second-order valence-electron chi connectivity index (χ2n) is 6.00. The van der Waals surface area contributed by atoms with Crippen molar-refractivity contribution in [3.63, 3.8) is 0 Å². The molecule has 1 aliphatic rings. The lowest BCUT2D eigenvalue weighted by atomic mass is 9.91. The van der Waals surface area contributed by atoms with Crippen LogP contribution in [0.1, 0.15) is 32.8 Å². The molecule has 1 aliphatic heterocycles. The van der Waals surface area contributed by atoms with Crippen molar-refractivity contribution in [2.75, 3.05) is 18.0 Å². The fourth-order valence-electron chi connectivity index (χ4n) is 2.17. The van der Waals surface area contributed by atoms with Crippen molar-refractivity contribution in [1.82, 2.24) is 0 Å². The van der Waals surface area contributed by atoms with Crippen LogP contribution in [0.3, 0.4) is 0 Å². The Kier molecular flexibility index (Phi) is 3.43. The largest absolute Gasteiger partial charge is 0.367 e. The number of hydrogen-bond acceptors (Lipinski definition) is 2. The van der Waals surface area contributed by atoms with Gasteiger partial charge in [0.15, 0.2) is 0 Å². The molecule has 0 aromatic heterocycles. The minimum absolute atomic E-state index is 0.341. The summed E-state index contributed by atoms with van der Waals surface area (Å²) >= 11 is 0. The normalized spacial score (nSPS) is 14.8. The summed E-state index contributed by atoms with van der Waals surface area (Å²) in [6.07, 6.45) is 3.18. The van der Waals surface area contributed by atoms with Gasteiger partial charge in [0.05, 0.1) is 11.6 Å². The highest BCUT2D eigenvalue weighted by Gasteiger charge is 2.19. The first kappa shape index (κ1) is 12.7. The lowest BCUT2D eigenvalue weighted by Crippen LogP contribution is -2.30. The van der Waals surface area contributed by atoms with Crippen molar-refractivity contribution in [3.8, 4) is 6.07 Å². The molecule has 0 saturated heterocycles. The van der Waals surface area contributed by atoms with Gasteiger partial charge >= 0.3 is 0 Å². The van der Waals surface area contributed by atoms with Crippen LogP contribution < -0.4 is 4.90 Å². The molecule has 0 aliphatic carbocycles. The van der Waals surface area contributed by atoms with Crippen molar-refractivity contribution < 1.29 is 0 Å². The Morgan fingerprint density at radius 2 is 2.00 bits per heavy atom. The third-order valence-electron chi connectivity index (χ3n) is 3.30. The van der Waals surface area contributed by atoms with Gasteiger partial charge in [0, 0.05) is 24.3 Å². The molecule has 0 unspecified atom stereocenters. The maximum absolute atomic E-state index is 9.15. The molecule has 0 amide bonds. The highest BCUT2D eigenvalue weighted by Crippen LogP contribution is 2.32. The van der Waals surface area contributed by atoms with Gasteiger partial charge in [-0.15, -0.1) is 0 Å². The maximum atomic E-state index is 9.15. The molecular weight excluding hydrogens is 220 g/mol. The molecule has 0 N–H and O–H groups in total. The summed E-state index contributed by atoms with van der Waals surface area (Å²) < 4.78 is 0.